The maximum atomic E-state index is 4.40. The summed E-state index contributed by atoms with van der Waals surface area (Å²) in [4.78, 5) is 11.5. The van der Waals surface area contributed by atoms with Crippen molar-refractivity contribution < 1.29 is 0 Å². The first-order valence-corrected chi connectivity index (χ1v) is 7.72. The van der Waals surface area contributed by atoms with E-state index in [0.717, 1.165) is 32.6 Å². The molecule has 0 saturated carbocycles. The predicted octanol–water partition coefficient (Wildman–Crippen LogP) is 2.01. The topological polar surface area (TPSA) is 44.0 Å². The van der Waals surface area contributed by atoms with Crippen LogP contribution in [0.1, 0.15) is 23.2 Å². The van der Waals surface area contributed by atoms with Gasteiger partial charge in [0.2, 0.25) is 0 Å². The van der Waals surface area contributed by atoms with E-state index in [0.29, 0.717) is 6.04 Å². The number of likely N-dealkylation sites (N-methyl/N-ethyl adjacent to an activating group) is 1. The van der Waals surface area contributed by atoms with Crippen LogP contribution in [0.2, 0.25) is 0 Å². The minimum Gasteiger partial charge on any atom is -0.347 e. The van der Waals surface area contributed by atoms with Crippen LogP contribution in [0.15, 0.2) is 23.8 Å². The van der Waals surface area contributed by atoms with Gasteiger partial charge in [0.15, 0.2) is 0 Å². The van der Waals surface area contributed by atoms with E-state index in [1.54, 1.807) is 6.33 Å². The van der Waals surface area contributed by atoms with E-state index in [2.05, 4.69) is 44.6 Å². The summed E-state index contributed by atoms with van der Waals surface area (Å²) in [5, 5.41) is 5.75. The molecule has 0 aromatic carbocycles. The predicted molar refractivity (Wildman–Crippen MR) is 78.2 cm³/mol. The Morgan fingerprint density at radius 1 is 1.53 bits per heavy atom. The average Bonchev–Trinajstić information content (AvgIpc) is 3.08. The molecule has 0 aliphatic carbocycles. The second kappa shape index (κ2) is 5.86. The number of hydrogen-bond acceptors (Lipinski definition) is 4. The number of aromatic amines is 1. The van der Waals surface area contributed by atoms with Crippen molar-refractivity contribution in [2.24, 2.45) is 0 Å². The molecule has 2 N–H and O–H groups in total. The number of hydrogen-bond donors (Lipinski definition) is 2. The molecule has 5 heteroatoms. The summed E-state index contributed by atoms with van der Waals surface area (Å²) in [6.07, 6.45) is 2.83. The zero-order valence-corrected chi connectivity index (χ0v) is 12.0. The Balaban J connectivity index is 1.58. The fraction of sp³-hybridized carbons (Fsp3) is 0.500. The molecule has 0 fully saturated rings. The Kier molecular flexibility index (Phi) is 3.96. The molecule has 0 saturated heterocycles. The van der Waals surface area contributed by atoms with Gasteiger partial charge in [-0.05, 0) is 18.0 Å². The number of imidazole rings is 1. The number of fused-ring (bicyclic) bond motifs is 1. The zero-order chi connectivity index (χ0) is 13.1. The van der Waals surface area contributed by atoms with E-state index < -0.39 is 0 Å². The number of nitrogens with zero attached hydrogens (tertiary/aromatic N) is 2. The molecule has 4 nitrogen and oxygen atoms in total. The minimum absolute atomic E-state index is 0.510. The maximum absolute atomic E-state index is 4.40. The lowest BCUT2D eigenvalue weighted by atomic mass is 10.0. The van der Waals surface area contributed by atoms with E-state index in [1.807, 2.05) is 11.3 Å². The maximum Gasteiger partial charge on any atom is 0.0925 e. The highest BCUT2D eigenvalue weighted by atomic mass is 32.1. The molecule has 3 heterocycles. The third kappa shape index (κ3) is 3.05. The molecule has 0 amide bonds. The molecule has 1 aliphatic rings. The first kappa shape index (κ1) is 12.8. The smallest absolute Gasteiger partial charge is 0.0925 e. The molecule has 2 aromatic heterocycles. The largest absolute Gasteiger partial charge is 0.347 e. The Bertz CT molecular complexity index is 505. The van der Waals surface area contributed by atoms with Crippen molar-refractivity contribution in [1.82, 2.24) is 20.2 Å². The lowest BCUT2D eigenvalue weighted by molar-refractivity contribution is 0.240. The third-order valence-corrected chi connectivity index (χ3v) is 4.56. The summed E-state index contributed by atoms with van der Waals surface area (Å²) >= 11 is 1.84. The Morgan fingerprint density at radius 2 is 2.47 bits per heavy atom. The van der Waals surface area contributed by atoms with Crippen LogP contribution in [-0.4, -0.2) is 34.0 Å². The monoisotopic (exact) mass is 276 g/mol. The van der Waals surface area contributed by atoms with Crippen molar-refractivity contribution in [3.05, 3.63) is 40.1 Å². The van der Waals surface area contributed by atoms with E-state index in [-0.39, 0.29) is 0 Å². The molecule has 2 aromatic rings. The van der Waals surface area contributed by atoms with Crippen molar-refractivity contribution in [1.29, 1.82) is 0 Å². The van der Waals surface area contributed by atoms with Crippen molar-refractivity contribution in [3.8, 4) is 0 Å². The highest BCUT2D eigenvalue weighted by molar-refractivity contribution is 7.09. The molecular formula is C14H20N4S. The molecule has 19 heavy (non-hydrogen) atoms. The summed E-state index contributed by atoms with van der Waals surface area (Å²) in [7, 11) is 0. The van der Waals surface area contributed by atoms with Gasteiger partial charge in [-0.1, -0.05) is 13.0 Å². The second-order valence-electron chi connectivity index (χ2n) is 5.02. The molecule has 102 valence electrons. The summed E-state index contributed by atoms with van der Waals surface area (Å²) in [5.74, 6) is 0. The van der Waals surface area contributed by atoms with Crippen LogP contribution < -0.4 is 5.32 Å². The number of rotatable bonds is 5. The standard InChI is InChI=1S/C14H20N4S/c1-2-18(9-12-4-3-5-19-12)8-11-6-13-14(7-15-11)17-10-16-13/h3-5,10-11,15H,2,6-9H2,1H3,(H,16,17). The number of nitrogens with one attached hydrogen (secondary N) is 2. The first-order chi connectivity index (χ1) is 9.35. The van der Waals surface area contributed by atoms with Gasteiger partial charge in [-0.2, -0.15) is 0 Å². The highest BCUT2D eigenvalue weighted by Crippen LogP contribution is 2.15. The SMILES string of the molecule is CCN(Cc1cccs1)CC1Cc2nc[nH]c2CN1. The molecule has 0 bridgehead atoms. The summed E-state index contributed by atoms with van der Waals surface area (Å²) in [6, 6.07) is 4.85. The molecule has 0 radical (unpaired) electrons. The fourth-order valence-electron chi connectivity index (χ4n) is 2.60. The van der Waals surface area contributed by atoms with Gasteiger partial charge in [-0.25, -0.2) is 4.98 Å². The van der Waals surface area contributed by atoms with Crippen molar-refractivity contribution in [2.45, 2.75) is 32.5 Å². The summed E-state index contributed by atoms with van der Waals surface area (Å²) in [5.41, 5.74) is 2.48. The average molecular weight is 276 g/mol. The van der Waals surface area contributed by atoms with E-state index in [9.17, 15) is 0 Å². The van der Waals surface area contributed by atoms with Crippen LogP contribution >= 0.6 is 11.3 Å². The van der Waals surface area contributed by atoms with Crippen molar-refractivity contribution in [3.63, 3.8) is 0 Å². The Morgan fingerprint density at radius 3 is 3.26 bits per heavy atom. The van der Waals surface area contributed by atoms with Gasteiger partial charge in [0.1, 0.15) is 0 Å². The van der Waals surface area contributed by atoms with Crippen LogP contribution in [-0.2, 0) is 19.5 Å². The second-order valence-corrected chi connectivity index (χ2v) is 6.05. The molecule has 1 aliphatic heterocycles. The van der Waals surface area contributed by atoms with Gasteiger partial charge >= 0.3 is 0 Å². The van der Waals surface area contributed by atoms with E-state index >= 15 is 0 Å². The van der Waals surface area contributed by atoms with Gasteiger partial charge in [0, 0.05) is 37.0 Å². The van der Waals surface area contributed by atoms with Gasteiger partial charge < -0.3 is 10.3 Å². The lowest BCUT2D eigenvalue weighted by Gasteiger charge is -2.29. The fourth-order valence-corrected chi connectivity index (χ4v) is 3.35. The van der Waals surface area contributed by atoms with Crippen LogP contribution in [0.3, 0.4) is 0 Å². The van der Waals surface area contributed by atoms with Gasteiger partial charge in [-0.15, -0.1) is 11.3 Å². The van der Waals surface area contributed by atoms with Crippen LogP contribution in [0.5, 0.6) is 0 Å². The zero-order valence-electron chi connectivity index (χ0n) is 11.2. The Labute approximate surface area is 117 Å². The Hall–Kier alpha value is -1.17. The van der Waals surface area contributed by atoms with E-state index in [1.165, 1.54) is 16.3 Å². The van der Waals surface area contributed by atoms with Gasteiger partial charge in [0.25, 0.3) is 0 Å². The normalized spacial score (nSPS) is 18.7. The molecule has 3 rings (SSSR count). The molecule has 1 unspecified atom stereocenters. The minimum atomic E-state index is 0.510. The number of thiophene rings is 1. The summed E-state index contributed by atoms with van der Waals surface area (Å²) < 4.78 is 0. The van der Waals surface area contributed by atoms with Gasteiger partial charge in [-0.3, -0.25) is 4.90 Å². The molecule has 1 atom stereocenters. The van der Waals surface area contributed by atoms with Crippen LogP contribution in [0.4, 0.5) is 0 Å². The number of H-pyrrole nitrogens is 1. The van der Waals surface area contributed by atoms with Crippen LogP contribution in [0, 0.1) is 0 Å². The molecule has 0 spiro atoms. The lowest BCUT2D eigenvalue weighted by Crippen LogP contribution is -2.44. The van der Waals surface area contributed by atoms with Crippen molar-refractivity contribution >= 4 is 11.3 Å². The van der Waals surface area contributed by atoms with Gasteiger partial charge in [0.05, 0.1) is 17.7 Å². The first-order valence-electron chi connectivity index (χ1n) is 6.84. The van der Waals surface area contributed by atoms with Crippen LogP contribution in [0.25, 0.3) is 0 Å². The quantitative estimate of drug-likeness (QED) is 0.878. The molecular weight excluding hydrogens is 256 g/mol. The van der Waals surface area contributed by atoms with Crippen molar-refractivity contribution in [2.75, 3.05) is 13.1 Å². The third-order valence-electron chi connectivity index (χ3n) is 3.70. The highest BCUT2D eigenvalue weighted by Gasteiger charge is 2.21. The van der Waals surface area contributed by atoms with E-state index in [4.69, 9.17) is 0 Å². The summed E-state index contributed by atoms with van der Waals surface area (Å²) in [6.45, 7) is 6.37. The number of aromatic nitrogens is 2.